The smallest absolute Gasteiger partial charge is 0.355 e. The number of nitrogens with zero attached hydrogens (tertiary/aromatic N) is 1. The molecule has 1 N–H and O–H groups in total. The topological polar surface area (TPSA) is 90.1 Å². The Bertz CT molecular complexity index is 1140. The van der Waals surface area contributed by atoms with Crippen molar-refractivity contribution in [2.75, 3.05) is 27.4 Å². The minimum absolute atomic E-state index is 0.129. The van der Waals surface area contributed by atoms with Crippen molar-refractivity contribution in [3.63, 3.8) is 0 Å². The Labute approximate surface area is 205 Å². The molecule has 2 aromatic carbocycles. The molecule has 3 rings (SSSR count). The second kappa shape index (κ2) is 12.0. The van der Waals surface area contributed by atoms with Gasteiger partial charge in [0.2, 0.25) is 0 Å². The third-order valence-corrected chi connectivity index (χ3v) is 5.73. The first-order valence-electron chi connectivity index (χ1n) is 11.4. The number of carbonyl (C=O) groups excluding carboxylic acids is 2. The van der Waals surface area contributed by atoms with E-state index in [9.17, 15) is 9.59 Å². The molecule has 0 saturated carbocycles. The Hall–Kier alpha value is -3.94. The van der Waals surface area contributed by atoms with E-state index < -0.39 is 5.97 Å². The molecule has 8 heteroatoms. The van der Waals surface area contributed by atoms with Crippen LogP contribution >= 0.6 is 0 Å². The number of esters is 1. The van der Waals surface area contributed by atoms with Gasteiger partial charge in [-0.1, -0.05) is 12.1 Å². The molecule has 0 atom stereocenters. The van der Waals surface area contributed by atoms with Crippen LogP contribution in [0.5, 0.6) is 17.2 Å². The Morgan fingerprint density at radius 2 is 1.43 bits per heavy atom. The van der Waals surface area contributed by atoms with Crippen molar-refractivity contribution in [1.82, 2.24) is 9.88 Å². The number of amides is 1. The SMILES string of the molecule is CCOC(=O)c1[nH]c(C)c(CN(Cc2ccc(OC)cc2)C(=O)COc2ccc(OC)cc2)c1C. The Morgan fingerprint density at radius 1 is 0.857 bits per heavy atom. The van der Waals surface area contributed by atoms with Crippen molar-refractivity contribution in [1.29, 1.82) is 0 Å². The van der Waals surface area contributed by atoms with Crippen LogP contribution in [0.2, 0.25) is 0 Å². The van der Waals surface area contributed by atoms with Gasteiger partial charge in [0.1, 0.15) is 22.9 Å². The number of aromatic amines is 1. The molecule has 0 unspecified atom stereocenters. The summed E-state index contributed by atoms with van der Waals surface area (Å²) in [6.07, 6.45) is 0. The van der Waals surface area contributed by atoms with Crippen LogP contribution in [-0.4, -0.2) is 49.2 Å². The first kappa shape index (κ1) is 25.7. The molecule has 1 amide bonds. The predicted molar refractivity (Wildman–Crippen MR) is 132 cm³/mol. The second-order valence-electron chi connectivity index (χ2n) is 8.01. The number of methoxy groups -OCH3 is 2. The van der Waals surface area contributed by atoms with Gasteiger partial charge in [0.25, 0.3) is 5.91 Å². The lowest BCUT2D eigenvalue weighted by atomic mass is 10.1. The van der Waals surface area contributed by atoms with E-state index in [1.165, 1.54) is 0 Å². The maximum atomic E-state index is 13.3. The summed E-state index contributed by atoms with van der Waals surface area (Å²) in [5.41, 5.74) is 3.81. The number of benzene rings is 2. The van der Waals surface area contributed by atoms with E-state index in [2.05, 4.69) is 4.98 Å². The van der Waals surface area contributed by atoms with Crippen molar-refractivity contribution in [3.8, 4) is 17.2 Å². The third-order valence-electron chi connectivity index (χ3n) is 5.73. The summed E-state index contributed by atoms with van der Waals surface area (Å²) in [6, 6.07) is 14.6. The van der Waals surface area contributed by atoms with Gasteiger partial charge in [-0.05, 0) is 73.9 Å². The molecular formula is C27H32N2O6. The molecule has 8 nitrogen and oxygen atoms in total. The van der Waals surface area contributed by atoms with Gasteiger partial charge in [0.05, 0.1) is 20.8 Å². The van der Waals surface area contributed by atoms with Gasteiger partial charge in [-0.15, -0.1) is 0 Å². The van der Waals surface area contributed by atoms with E-state index in [1.807, 2.05) is 38.1 Å². The summed E-state index contributed by atoms with van der Waals surface area (Å²) in [5, 5.41) is 0. The minimum Gasteiger partial charge on any atom is -0.497 e. The zero-order valence-corrected chi connectivity index (χ0v) is 20.8. The fourth-order valence-corrected chi connectivity index (χ4v) is 3.72. The summed E-state index contributed by atoms with van der Waals surface area (Å²) >= 11 is 0. The molecule has 1 heterocycles. The van der Waals surface area contributed by atoms with E-state index >= 15 is 0 Å². The van der Waals surface area contributed by atoms with E-state index in [0.717, 1.165) is 28.1 Å². The predicted octanol–water partition coefficient (Wildman–Crippen LogP) is 4.43. The summed E-state index contributed by atoms with van der Waals surface area (Å²) in [6.45, 7) is 6.34. The molecule has 0 aliphatic carbocycles. The van der Waals surface area contributed by atoms with Crippen LogP contribution in [0.25, 0.3) is 0 Å². The third kappa shape index (κ3) is 6.56. The van der Waals surface area contributed by atoms with Gasteiger partial charge in [0, 0.05) is 18.8 Å². The lowest BCUT2D eigenvalue weighted by Crippen LogP contribution is -2.34. The maximum Gasteiger partial charge on any atom is 0.355 e. The zero-order valence-electron chi connectivity index (χ0n) is 20.8. The number of aromatic nitrogens is 1. The highest BCUT2D eigenvalue weighted by molar-refractivity contribution is 5.90. The largest absolute Gasteiger partial charge is 0.497 e. The average Bonchev–Trinajstić information content (AvgIpc) is 3.16. The number of rotatable bonds is 11. The second-order valence-corrected chi connectivity index (χ2v) is 8.01. The van der Waals surface area contributed by atoms with Crippen LogP contribution in [0, 0.1) is 13.8 Å². The first-order chi connectivity index (χ1) is 16.9. The standard InChI is InChI=1S/C27H32N2O6/c1-6-34-27(31)26-18(2)24(19(3)28-26)16-29(15-20-7-9-21(32-4)10-8-20)25(30)17-35-23-13-11-22(33-5)12-14-23/h7-14,28H,6,15-17H2,1-5H3. The minimum atomic E-state index is -0.407. The highest BCUT2D eigenvalue weighted by Gasteiger charge is 2.23. The molecule has 3 aromatic rings. The summed E-state index contributed by atoms with van der Waals surface area (Å²) in [4.78, 5) is 30.4. The molecule has 0 aliphatic rings. The summed E-state index contributed by atoms with van der Waals surface area (Å²) < 4.78 is 21.3. The highest BCUT2D eigenvalue weighted by atomic mass is 16.5. The molecule has 0 radical (unpaired) electrons. The number of aryl methyl sites for hydroxylation is 1. The van der Waals surface area contributed by atoms with Crippen molar-refractivity contribution in [3.05, 3.63) is 76.6 Å². The lowest BCUT2D eigenvalue weighted by Gasteiger charge is -2.24. The molecule has 0 aliphatic heterocycles. The number of hydrogen-bond donors (Lipinski definition) is 1. The quantitative estimate of drug-likeness (QED) is 0.408. The van der Waals surface area contributed by atoms with Crippen molar-refractivity contribution < 1.29 is 28.5 Å². The molecule has 186 valence electrons. The van der Waals surface area contributed by atoms with Crippen molar-refractivity contribution in [2.45, 2.75) is 33.9 Å². The van der Waals surface area contributed by atoms with Crippen LogP contribution in [0.1, 0.15) is 39.8 Å². The number of nitrogens with one attached hydrogen (secondary N) is 1. The van der Waals surface area contributed by atoms with Gasteiger partial charge >= 0.3 is 5.97 Å². The van der Waals surface area contributed by atoms with E-state index in [4.69, 9.17) is 18.9 Å². The highest BCUT2D eigenvalue weighted by Crippen LogP contribution is 2.23. The number of carbonyl (C=O) groups is 2. The lowest BCUT2D eigenvalue weighted by molar-refractivity contribution is -0.134. The Balaban J connectivity index is 1.81. The monoisotopic (exact) mass is 480 g/mol. The van der Waals surface area contributed by atoms with Gasteiger partial charge in [-0.25, -0.2) is 4.79 Å². The van der Waals surface area contributed by atoms with Crippen LogP contribution < -0.4 is 14.2 Å². The van der Waals surface area contributed by atoms with E-state index in [0.29, 0.717) is 30.3 Å². The number of hydrogen-bond acceptors (Lipinski definition) is 6. The van der Waals surface area contributed by atoms with E-state index in [-0.39, 0.29) is 19.1 Å². The Kier molecular flexibility index (Phi) is 8.78. The molecule has 35 heavy (non-hydrogen) atoms. The normalized spacial score (nSPS) is 10.5. The van der Waals surface area contributed by atoms with Gasteiger partial charge in [-0.2, -0.15) is 0 Å². The van der Waals surface area contributed by atoms with Crippen LogP contribution in [-0.2, 0) is 22.6 Å². The van der Waals surface area contributed by atoms with Gasteiger partial charge < -0.3 is 28.8 Å². The zero-order chi connectivity index (χ0) is 25.4. The number of ether oxygens (including phenoxy) is 4. The van der Waals surface area contributed by atoms with Crippen LogP contribution in [0.4, 0.5) is 0 Å². The van der Waals surface area contributed by atoms with Crippen molar-refractivity contribution >= 4 is 11.9 Å². The fraction of sp³-hybridized carbons (Fsp3) is 0.333. The fourth-order valence-electron chi connectivity index (χ4n) is 3.72. The first-order valence-corrected chi connectivity index (χ1v) is 11.4. The number of H-pyrrole nitrogens is 1. The molecule has 0 saturated heterocycles. The average molecular weight is 481 g/mol. The summed E-state index contributed by atoms with van der Waals surface area (Å²) in [5.74, 6) is 1.43. The van der Waals surface area contributed by atoms with Crippen LogP contribution in [0.3, 0.4) is 0 Å². The van der Waals surface area contributed by atoms with Crippen LogP contribution in [0.15, 0.2) is 48.5 Å². The van der Waals surface area contributed by atoms with Gasteiger partial charge in [0.15, 0.2) is 6.61 Å². The van der Waals surface area contributed by atoms with Crippen molar-refractivity contribution in [2.24, 2.45) is 0 Å². The summed E-state index contributed by atoms with van der Waals surface area (Å²) in [7, 11) is 3.20. The maximum absolute atomic E-state index is 13.3. The molecule has 0 fully saturated rings. The molecular weight excluding hydrogens is 448 g/mol. The molecule has 1 aromatic heterocycles. The molecule has 0 bridgehead atoms. The van der Waals surface area contributed by atoms with Gasteiger partial charge in [-0.3, -0.25) is 4.79 Å². The van der Waals surface area contributed by atoms with E-state index in [1.54, 1.807) is 50.3 Å². The Morgan fingerprint density at radius 3 is 2.00 bits per heavy atom. The molecule has 0 spiro atoms.